The largest absolute Gasteiger partial charge is 0.472 e. The van der Waals surface area contributed by atoms with Gasteiger partial charge >= 0.3 is 19.8 Å². The molecular formula is C75H134NO8P. The molecule has 0 rings (SSSR count). The van der Waals surface area contributed by atoms with Crippen molar-refractivity contribution in [1.29, 1.82) is 0 Å². The molecular weight excluding hydrogens is 1070 g/mol. The molecule has 9 nitrogen and oxygen atoms in total. The van der Waals surface area contributed by atoms with E-state index in [4.69, 9.17) is 24.3 Å². The highest BCUT2D eigenvalue weighted by atomic mass is 31.2. The molecule has 0 heterocycles. The number of phosphoric acid groups is 1. The molecule has 2 atom stereocenters. The summed E-state index contributed by atoms with van der Waals surface area (Å²) in [4.78, 5) is 35.4. The summed E-state index contributed by atoms with van der Waals surface area (Å²) in [6, 6.07) is 0. The van der Waals surface area contributed by atoms with Crippen molar-refractivity contribution in [3.63, 3.8) is 0 Å². The average Bonchev–Trinajstić information content (AvgIpc) is 3.52. The van der Waals surface area contributed by atoms with Crippen LogP contribution in [0.5, 0.6) is 0 Å². The van der Waals surface area contributed by atoms with Crippen molar-refractivity contribution in [2.24, 2.45) is 5.73 Å². The third-order valence-electron chi connectivity index (χ3n) is 15.5. The first-order chi connectivity index (χ1) is 41.8. The van der Waals surface area contributed by atoms with Crippen molar-refractivity contribution < 1.29 is 37.6 Å². The summed E-state index contributed by atoms with van der Waals surface area (Å²) in [5.41, 5.74) is 5.40. The SMILES string of the molecule is CC/C=C\C/C=C\C/C=C\C/C=C\C/C=C\CCCCCCCCCCCC(=O)OC(COC(=O)CCCCCCCCCCCCCCCCCCCCCCCCCC/C=C\C/C=C\C/C=C\CCCCCCC)COP(=O)(O)OCCN. The summed E-state index contributed by atoms with van der Waals surface area (Å²) in [7, 11) is -4.40. The molecule has 0 spiro atoms. The zero-order valence-electron chi connectivity index (χ0n) is 55.3. The molecule has 0 aliphatic rings. The second kappa shape index (κ2) is 70.0. The molecule has 0 aliphatic carbocycles. The Hall–Kier alpha value is -3.07. The van der Waals surface area contributed by atoms with Gasteiger partial charge in [0.05, 0.1) is 13.2 Å². The summed E-state index contributed by atoms with van der Waals surface area (Å²) in [5, 5.41) is 0. The van der Waals surface area contributed by atoms with Crippen LogP contribution in [-0.2, 0) is 32.7 Å². The molecule has 0 fully saturated rings. The Morgan fingerprint density at radius 1 is 0.365 bits per heavy atom. The lowest BCUT2D eigenvalue weighted by Gasteiger charge is -2.19. The van der Waals surface area contributed by atoms with Crippen LogP contribution in [0.3, 0.4) is 0 Å². The van der Waals surface area contributed by atoms with Gasteiger partial charge in [0.1, 0.15) is 6.61 Å². The fraction of sp³-hybridized carbons (Fsp3) is 0.760. The molecule has 85 heavy (non-hydrogen) atoms. The first-order valence-corrected chi connectivity index (χ1v) is 37.2. The Kier molecular flexibility index (Phi) is 67.5. The predicted molar refractivity (Wildman–Crippen MR) is 367 cm³/mol. The van der Waals surface area contributed by atoms with Crippen LogP contribution in [-0.4, -0.2) is 49.3 Å². The maximum atomic E-state index is 12.8. The molecule has 0 saturated heterocycles. The van der Waals surface area contributed by atoms with Crippen molar-refractivity contribution in [3.8, 4) is 0 Å². The summed E-state index contributed by atoms with van der Waals surface area (Å²) in [6.07, 6.45) is 95.1. The van der Waals surface area contributed by atoms with Gasteiger partial charge in [-0.05, 0) is 96.3 Å². The maximum absolute atomic E-state index is 12.8. The number of allylic oxidation sites excluding steroid dienone is 16. The maximum Gasteiger partial charge on any atom is 0.472 e. The third-order valence-corrected chi connectivity index (χ3v) is 16.4. The highest BCUT2D eigenvalue weighted by Gasteiger charge is 2.26. The van der Waals surface area contributed by atoms with Crippen molar-refractivity contribution >= 4 is 19.8 Å². The van der Waals surface area contributed by atoms with Gasteiger partial charge in [0.15, 0.2) is 6.10 Å². The summed E-state index contributed by atoms with van der Waals surface area (Å²) >= 11 is 0. The number of hydrogen-bond acceptors (Lipinski definition) is 8. The van der Waals surface area contributed by atoms with Gasteiger partial charge < -0.3 is 20.1 Å². The molecule has 0 saturated carbocycles. The Balaban J connectivity index is 3.82. The summed E-state index contributed by atoms with van der Waals surface area (Å²) in [5.74, 6) is -0.825. The van der Waals surface area contributed by atoms with Gasteiger partial charge in [-0.2, -0.15) is 0 Å². The number of ether oxygens (including phenoxy) is 2. The van der Waals surface area contributed by atoms with E-state index in [2.05, 4.69) is 111 Å². The zero-order valence-corrected chi connectivity index (χ0v) is 56.2. The lowest BCUT2D eigenvalue weighted by Crippen LogP contribution is -2.29. The topological polar surface area (TPSA) is 134 Å². The van der Waals surface area contributed by atoms with Crippen LogP contribution in [0.4, 0.5) is 0 Å². The normalized spacial score (nSPS) is 13.5. The van der Waals surface area contributed by atoms with E-state index < -0.39 is 26.5 Å². The van der Waals surface area contributed by atoms with Crippen LogP contribution in [0.1, 0.15) is 335 Å². The number of esters is 2. The number of carbonyl (C=O) groups excluding carboxylic acids is 2. The molecule has 2 unspecified atom stereocenters. The highest BCUT2D eigenvalue weighted by molar-refractivity contribution is 7.47. The van der Waals surface area contributed by atoms with Gasteiger partial charge in [-0.15, -0.1) is 0 Å². The molecule has 0 amide bonds. The minimum atomic E-state index is -4.40. The van der Waals surface area contributed by atoms with E-state index in [0.717, 1.165) is 89.9 Å². The smallest absolute Gasteiger partial charge is 0.462 e. The fourth-order valence-corrected chi connectivity index (χ4v) is 11.0. The minimum absolute atomic E-state index is 0.0499. The number of nitrogens with two attached hydrogens (primary N) is 1. The first-order valence-electron chi connectivity index (χ1n) is 35.7. The Morgan fingerprint density at radius 2 is 0.647 bits per heavy atom. The first kappa shape index (κ1) is 81.9. The molecule has 0 radical (unpaired) electrons. The molecule has 0 aliphatic heterocycles. The molecule has 0 bridgehead atoms. The van der Waals surface area contributed by atoms with Gasteiger partial charge in [0.2, 0.25) is 0 Å². The van der Waals surface area contributed by atoms with Crippen molar-refractivity contribution in [1.82, 2.24) is 0 Å². The van der Waals surface area contributed by atoms with Crippen LogP contribution in [0.25, 0.3) is 0 Å². The molecule has 10 heteroatoms. The van der Waals surface area contributed by atoms with Crippen LogP contribution in [0.2, 0.25) is 0 Å². The van der Waals surface area contributed by atoms with Gasteiger partial charge in [0, 0.05) is 19.4 Å². The lowest BCUT2D eigenvalue weighted by atomic mass is 10.0. The molecule has 0 aromatic carbocycles. The number of rotatable bonds is 67. The highest BCUT2D eigenvalue weighted by Crippen LogP contribution is 2.43. The predicted octanol–water partition coefficient (Wildman–Crippen LogP) is 23.5. The van der Waals surface area contributed by atoms with E-state index in [1.165, 1.54) is 212 Å². The summed E-state index contributed by atoms with van der Waals surface area (Å²) < 4.78 is 33.2. The Bertz CT molecular complexity index is 1720. The Morgan fingerprint density at radius 3 is 0.965 bits per heavy atom. The molecule has 0 aromatic heterocycles. The standard InChI is InChI=1S/C75H134NO8P/c1-3-5-7-9-11-13-15-17-19-21-23-25-27-29-30-31-32-33-34-35-36-37-38-39-40-41-42-44-45-47-49-51-53-55-57-59-61-63-65-67-74(77)81-71-73(72-83-85(79,80)82-70-69-76)84-75(78)68-66-64-62-60-58-56-54-52-50-48-46-43-28-26-24-22-20-18-16-14-12-10-8-6-4-2/h6,8,12,14-15,17-18,20-21,23-24,26-27,29,43,46,73H,3-5,7,9-11,13,16,19,22,25,28,30-42,44-45,47-72,76H2,1-2H3,(H,79,80)/b8-6-,14-12-,17-15-,20-18-,23-21-,26-24-,29-27-,46-43-. The van der Waals surface area contributed by atoms with Crippen molar-refractivity contribution in [3.05, 3.63) is 97.2 Å². The average molecular weight is 1210 g/mol. The van der Waals surface area contributed by atoms with Gasteiger partial charge in [-0.25, -0.2) is 4.57 Å². The summed E-state index contributed by atoms with van der Waals surface area (Å²) in [6.45, 7) is 3.65. The van der Waals surface area contributed by atoms with Crippen LogP contribution in [0.15, 0.2) is 97.2 Å². The minimum Gasteiger partial charge on any atom is -0.462 e. The second-order valence-corrected chi connectivity index (χ2v) is 25.2. The van der Waals surface area contributed by atoms with E-state index in [0.29, 0.717) is 6.42 Å². The van der Waals surface area contributed by atoms with E-state index in [-0.39, 0.29) is 38.6 Å². The monoisotopic (exact) mass is 1210 g/mol. The quantitative estimate of drug-likeness (QED) is 0.0264. The Labute approximate surface area is 525 Å². The van der Waals surface area contributed by atoms with Crippen molar-refractivity contribution in [2.75, 3.05) is 26.4 Å². The van der Waals surface area contributed by atoms with E-state index >= 15 is 0 Å². The van der Waals surface area contributed by atoms with Crippen molar-refractivity contribution in [2.45, 2.75) is 341 Å². The number of phosphoric ester groups is 1. The fourth-order valence-electron chi connectivity index (χ4n) is 10.2. The van der Waals surface area contributed by atoms with Gasteiger partial charge in [0.25, 0.3) is 0 Å². The zero-order chi connectivity index (χ0) is 61.6. The lowest BCUT2D eigenvalue weighted by molar-refractivity contribution is -0.161. The number of carbonyl (C=O) groups is 2. The molecule has 3 N–H and O–H groups in total. The van der Waals surface area contributed by atoms with Gasteiger partial charge in [-0.3, -0.25) is 18.6 Å². The van der Waals surface area contributed by atoms with Crippen LogP contribution in [0, 0.1) is 0 Å². The van der Waals surface area contributed by atoms with Gasteiger partial charge in [-0.1, -0.05) is 323 Å². The molecule has 0 aromatic rings. The van der Waals surface area contributed by atoms with E-state index in [1.54, 1.807) is 0 Å². The number of hydrogen-bond donors (Lipinski definition) is 2. The van der Waals surface area contributed by atoms with E-state index in [1.807, 2.05) is 0 Å². The third kappa shape index (κ3) is 69.9. The molecule has 492 valence electrons. The van der Waals surface area contributed by atoms with E-state index in [9.17, 15) is 19.0 Å². The van der Waals surface area contributed by atoms with Crippen LogP contribution < -0.4 is 5.73 Å². The second-order valence-electron chi connectivity index (χ2n) is 23.7. The number of unbranched alkanes of at least 4 members (excludes halogenated alkanes) is 38. The van der Waals surface area contributed by atoms with Crippen LogP contribution >= 0.6 is 7.82 Å².